The Morgan fingerprint density at radius 3 is 2.39 bits per heavy atom. The molecule has 4 aromatic rings. The SMILES string of the molecule is CN1CCN(c2ccc(C(=O)Nc3n[nH]c4ccc(S(=O)(=O)c5cc(F)cc(F)c5)cc34)c(NC(=O)[C@@H]3CCCN3)c2)CC1. The van der Waals surface area contributed by atoms with Crippen LogP contribution in [0, 0.1) is 11.6 Å². The van der Waals surface area contributed by atoms with E-state index >= 15 is 0 Å². The van der Waals surface area contributed by atoms with E-state index in [1.807, 2.05) is 6.07 Å². The van der Waals surface area contributed by atoms with Gasteiger partial charge in [0.25, 0.3) is 5.91 Å². The minimum Gasteiger partial charge on any atom is -0.369 e. The van der Waals surface area contributed by atoms with E-state index in [2.05, 4.69) is 43.0 Å². The third-order valence-corrected chi connectivity index (χ3v) is 9.70. The molecule has 3 aromatic carbocycles. The number of nitrogens with zero attached hydrogens (tertiary/aromatic N) is 3. The fraction of sp³-hybridized carbons (Fsp3) is 0.300. The smallest absolute Gasteiger partial charge is 0.258 e. The van der Waals surface area contributed by atoms with E-state index in [-0.39, 0.29) is 33.6 Å². The summed E-state index contributed by atoms with van der Waals surface area (Å²) in [5, 5.41) is 16.0. The van der Waals surface area contributed by atoms with Gasteiger partial charge in [0, 0.05) is 43.3 Å². The van der Waals surface area contributed by atoms with Crippen molar-refractivity contribution in [3.05, 3.63) is 71.8 Å². The Morgan fingerprint density at radius 2 is 1.68 bits per heavy atom. The molecule has 3 heterocycles. The van der Waals surface area contributed by atoms with Crippen LogP contribution in [0.2, 0.25) is 0 Å². The van der Waals surface area contributed by atoms with E-state index in [1.54, 1.807) is 12.1 Å². The number of carbonyl (C=O) groups excluding carboxylic acids is 2. The van der Waals surface area contributed by atoms with Crippen LogP contribution in [-0.2, 0) is 14.6 Å². The number of hydrogen-bond donors (Lipinski definition) is 4. The van der Waals surface area contributed by atoms with Crippen LogP contribution in [0.15, 0.2) is 64.4 Å². The van der Waals surface area contributed by atoms with Crippen molar-refractivity contribution in [2.45, 2.75) is 28.7 Å². The number of carbonyl (C=O) groups is 2. The third kappa shape index (κ3) is 6.00. The number of fused-ring (bicyclic) bond motifs is 1. The van der Waals surface area contributed by atoms with Crippen LogP contribution in [0.25, 0.3) is 10.9 Å². The Labute approximate surface area is 252 Å². The number of sulfone groups is 1. The highest BCUT2D eigenvalue weighted by Crippen LogP contribution is 2.30. The number of amides is 2. The molecule has 0 unspecified atom stereocenters. The molecule has 1 aromatic heterocycles. The van der Waals surface area contributed by atoms with Crippen LogP contribution in [0.5, 0.6) is 0 Å². The summed E-state index contributed by atoms with van der Waals surface area (Å²) >= 11 is 0. The molecule has 0 radical (unpaired) electrons. The van der Waals surface area contributed by atoms with Gasteiger partial charge in [0.15, 0.2) is 5.82 Å². The Bertz CT molecular complexity index is 1830. The number of nitrogens with one attached hydrogen (secondary N) is 4. The summed E-state index contributed by atoms with van der Waals surface area (Å²) in [5.74, 6) is -2.80. The normalized spacial score (nSPS) is 17.6. The molecule has 44 heavy (non-hydrogen) atoms. The Hall–Kier alpha value is -4.40. The number of aromatic nitrogens is 2. The second-order valence-electron chi connectivity index (χ2n) is 11.0. The summed E-state index contributed by atoms with van der Waals surface area (Å²) in [4.78, 5) is 30.3. The first-order valence-electron chi connectivity index (χ1n) is 14.2. The summed E-state index contributed by atoms with van der Waals surface area (Å²) in [6, 6.07) is 11.0. The third-order valence-electron chi connectivity index (χ3n) is 7.97. The molecule has 1 atom stereocenters. The Kier molecular flexibility index (Phi) is 8.05. The summed E-state index contributed by atoms with van der Waals surface area (Å²) < 4.78 is 54.0. The maximum absolute atomic E-state index is 13.8. The van der Waals surface area contributed by atoms with Gasteiger partial charge in [0.05, 0.1) is 32.6 Å². The van der Waals surface area contributed by atoms with Crippen LogP contribution in [0.1, 0.15) is 23.2 Å². The van der Waals surface area contributed by atoms with Gasteiger partial charge in [-0.2, -0.15) is 5.10 Å². The molecule has 2 fully saturated rings. The van der Waals surface area contributed by atoms with Crippen molar-refractivity contribution < 1.29 is 26.8 Å². The summed E-state index contributed by atoms with van der Waals surface area (Å²) in [7, 11) is -2.23. The van der Waals surface area contributed by atoms with Gasteiger partial charge in [-0.15, -0.1) is 0 Å². The van der Waals surface area contributed by atoms with E-state index in [0.29, 0.717) is 23.7 Å². The van der Waals surface area contributed by atoms with Crippen molar-refractivity contribution in [1.29, 1.82) is 0 Å². The number of likely N-dealkylation sites (N-methyl/N-ethyl adjacent to an activating group) is 1. The second kappa shape index (κ2) is 11.9. The number of anilines is 3. The Morgan fingerprint density at radius 1 is 0.932 bits per heavy atom. The largest absolute Gasteiger partial charge is 0.369 e. The standard InChI is InChI=1S/C30H31F2N7O4S/c1-38-9-11-39(12-10-38)20-4-6-23(27(16-20)34-30(41)26-3-2-8-33-26)29(40)35-28-24-17-21(5-7-25(24)36-37-28)44(42,43)22-14-18(31)13-19(32)15-22/h4-7,13-17,26,33H,2-3,8-12H2,1H3,(H,34,41)(H2,35,36,37,40)/t26-/m0/s1. The highest BCUT2D eigenvalue weighted by molar-refractivity contribution is 7.91. The quantitative estimate of drug-likeness (QED) is 0.246. The highest BCUT2D eigenvalue weighted by Gasteiger charge is 2.26. The lowest BCUT2D eigenvalue weighted by Gasteiger charge is -2.34. The zero-order valence-corrected chi connectivity index (χ0v) is 24.7. The molecular weight excluding hydrogens is 592 g/mol. The van der Waals surface area contributed by atoms with Gasteiger partial charge in [-0.25, -0.2) is 17.2 Å². The van der Waals surface area contributed by atoms with Crippen LogP contribution in [-0.4, -0.2) is 81.1 Å². The molecule has 2 saturated heterocycles. The number of H-pyrrole nitrogens is 1. The van der Waals surface area contributed by atoms with E-state index < -0.39 is 32.3 Å². The van der Waals surface area contributed by atoms with E-state index in [0.717, 1.165) is 57.0 Å². The zero-order chi connectivity index (χ0) is 31.0. The molecule has 6 rings (SSSR count). The van der Waals surface area contributed by atoms with Crippen molar-refractivity contribution in [2.75, 3.05) is 55.3 Å². The first-order chi connectivity index (χ1) is 21.1. The summed E-state index contributed by atoms with van der Waals surface area (Å²) in [6.45, 7) is 4.10. The monoisotopic (exact) mass is 623 g/mol. The fourth-order valence-electron chi connectivity index (χ4n) is 5.47. The number of benzene rings is 3. The second-order valence-corrected chi connectivity index (χ2v) is 13.0. The van der Waals surface area contributed by atoms with Crippen LogP contribution >= 0.6 is 0 Å². The highest BCUT2D eigenvalue weighted by atomic mass is 32.2. The average molecular weight is 624 g/mol. The van der Waals surface area contributed by atoms with Crippen LogP contribution < -0.4 is 20.9 Å². The van der Waals surface area contributed by atoms with Gasteiger partial charge in [-0.1, -0.05) is 0 Å². The predicted octanol–water partition coefficient (Wildman–Crippen LogP) is 3.37. The number of rotatable bonds is 7. The van der Waals surface area contributed by atoms with Gasteiger partial charge >= 0.3 is 0 Å². The van der Waals surface area contributed by atoms with E-state index in [4.69, 9.17) is 0 Å². The minimum absolute atomic E-state index is 0.0466. The molecule has 230 valence electrons. The lowest BCUT2D eigenvalue weighted by Crippen LogP contribution is -2.44. The molecule has 2 aliphatic heterocycles. The number of halogens is 2. The topological polar surface area (TPSA) is 140 Å². The Balaban J connectivity index is 1.31. The van der Waals surface area contributed by atoms with Crippen LogP contribution in [0.3, 0.4) is 0 Å². The average Bonchev–Trinajstić information content (AvgIpc) is 3.68. The molecule has 0 spiro atoms. The van der Waals surface area contributed by atoms with Crippen molar-refractivity contribution in [3.63, 3.8) is 0 Å². The van der Waals surface area contributed by atoms with E-state index in [9.17, 15) is 26.8 Å². The molecule has 0 aliphatic carbocycles. The molecule has 4 N–H and O–H groups in total. The molecule has 2 aliphatic rings. The number of piperazine rings is 1. The zero-order valence-electron chi connectivity index (χ0n) is 23.9. The minimum atomic E-state index is -4.29. The fourth-order valence-corrected chi connectivity index (χ4v) is 6.80. The summed E-state index contributed by atoms with van der Waals surface area (Å²) in [5.41, 5.74) is 1.84. The molecular formula is C30H31F2N7O4S. The van der Waals surface area contributed by atoms with Gasteiger partial charge in [0.2, 0.25) is 15.7 Å². The molecule has 14 heteroatoms. The number of hydrogen-bond acceptors (Lipinski definition) is 8. The maximum Gasteiger partial charge on any atom is 0.258 e. The van der Waals surface area contributed by atoms with Crippen molar-refractivity contribution >= 4 is 49.7 Å². The van der Waals surface area contributed by atoms with Gasteiger partial charge in [0.1, 0.15) is 11.6 Å². The first kappa shape index (κ1) is 29.7. The lowest BCUT2D eigenvalue weighted by atomic mass is 10.1. The molecule has 2 amide bonds. The molecule has 11 nitrogen and oxygen atoms in total. The van der Waals surface area contributed by atoms with Gasteiger partial charge in [-0.3, -0.25) is 14.7 Å². The maximum atomic E-state index is 13.8. The predicted molar refractivity (Wildman–Crippen MR) is 162 cm³/mol. The van der Waals surface area contributed by atoms with Crippen molar-refractivity contribution in [3.8, 4) is 0 Å². The van der Waals surface area contributed by atoms with Crippen molar-refractivity contribution in [1.82, 2.24) is 20.4 Å². The molecule has 0 bridgehead atoms. The lowest BCUT2D eigenvalue weighted by molar-refractivity contribution is -0.117. The van der Waals surface area contributed by atoms with Gasteiger partial charge < -0.3 is 25.8 Å². The molecule has 0 saturated carbocycles. The first-order valence-corrected chi connectivity index (χ1v) is 15.7. The summed E-state index contributed by atoms with van der Waals surface area (Å²) in [6.07, 6.45) is 1.57. The number of aromatic amines is 1. The van der Waals surface area contributed by atoms with E-state index in [1.165, 1.54) is 18.2 Å². The van der Waals surface area contributed by atoms with Gasteiger partial charge in [-0.05, 0) is 75.0 Å². The van der Waals surface area contributed by atoms with Crippen molar-refractivity contribution in [2.24, 2.45) is 0 Å². The van der Waals surface area contributed by atoms with Crippen LogP contribution in [0.4, 0.5) is 26.0 Å².